The Morgan fingerprint density at radius 3 is 3.00 bits per heavy atom. The van der Waals surface area contributed by atoms with Gasteiger partial charge in [0.1, 0.15) is 0 Å². The Balaban J connectivity index is 2.82. The molecule has 0 aromatic heterocycles. The van der Waals surface area contributed by atoms with Crippen LogP contribution in [0.3, 0.4) is 0 Å². The lowest BCUT2D eigenvalue weighted by molar-refractivity contribution is 0.546. The average Bonchev–Trinajstić information content (AvgIpc) is 1.69. The van der Waals surface area contributed by atoms with Crippen LogP contribution >= 0.6 is 11.6 Å². The normalized spacial score (nSPS) is 9.29. The second-order valence-electron chi connectivity index (χ2n) is 0.845. The summed E-state index contributed by atoms with van der Waals surface area (Å²) in [6.45, 7) is 0.451. The molecule has 0 heterocycles. The first-order valence-corrected chi connectivity index (χ1v) is 2.20. The molecule has 7 heavy (non-hydrogen) atoms. The number of rotatable bonds is 3. The van der Waals surface area contributed by atoms with E-state index >= 15 is 0 Å². The Hall–Kier alpha value is -0.500. The van der Waals surface area contributed by atoms with Crippen LogP contribution in [-0.2, 0) is 4.79 Å². The van der Waals surface area contributed by atoms with Crippen molar-refractivity contribution in [2.45, 2.75) is 0 Å². The zero-order valence-electron chi connectivity index (χ0n) is 3.65. The molecule has 1 N–H and O–H groups in total. The van der Waals surface area contributed by atoms with Gasteiger partial charge < -0.3 is 5.32 Å². The Morgan fingerprint density at radius 2 is 2.57 bits per heavy atom. The molecular formula is C4H5ClNO. The van der Waals surface area contributed by atoms with Gasteiger partial charge in [0.2, 0.25) is 0 Å². The first-order valence-electron chi connectivity index (χ1n) is 1.77. The molecule has 0 spiro atoms. The highest BCUT2D eigenvalue weighted by molar-refractivity contribution is 6.25. The molecule has 2 nitrogen and oxygen atoms in total. The summed E-state index contributed by atoms with van der Waals surface area (Å²) in [5, 5.41) is 2.27. The largest absolute Gasteiger partial charge is 0.344 e. The van der Waals surface area contributed by atoms with E-state index in [9.17, 15) is 4.79 Å². The number of carbonyl (C=O) groups excluding carboxylic acids is 1. The van der Waals surface area contributed by atoms with Gasteiger partial charge in [-0.3, -0.25) is 4.79 Å². The third-order valence-electron chi connectivity index (χ3n) is 0.381. The summed E-state index contributed by atoms with van der Waals surface area (Å²) in [5.41, 5.74) is 1.34. The van der Waals surface area contributed by atoms with E-state index in [-0.39, 0.29) is 0 Å². The molecule has 1 amide bonds. The van der Waals surface area contributed by atoms with Crippen LogP contribution in [0.15, 0.2) is 11.6 Å². The second-order valence-corrected chi connectivity index (χ2v) is 1.10. The zero-order valence-corrected chi connectivity index (χ0v) is 4.40. The van der Waals surface area contributed by atoms with Crippen LogP contribution in [0.5, 0.6) is 0 Å². The van der Waals surface area contributed by atoms with Gasteiger partial charge in [-0.25, -0.2) is 0 Å². The summed E-state index contributed by atoms with van der Waals surface area (Å²) in [6.07, 6.45) is 3.10. The van der Waals surface area contributed by atoms with Crippen LogP contribution in [0.2, 0.25) is 0 Å². The van der Waals surface area contributed by atoms with E-state index in [0.717, 1.165) is 0 Å². The van der Waals surface area contributed by atoms with Crippen molar-refractivity contribution in [3.8, 4) is 0 Å². The lowest BCUT2D eigenvalue weighted by atomic mass is 10.6. The van der Waals surface area contributed by atoms with Crippen LogP contribution in [0.1, 0.15) is 0 Å². The summed E-state index contributed by atoms with van der Waals surface area (Å²) in [6, 6.07) is 0. The van der Waals surface area contributed by atoms with Gasteiger partial charge in [-0.2, -0.15) is 0 Å². The summed E-state index contributed by atoms with van der Waals surface area (Å²) in [7, 11) is 0. The molecule has 0 saturated heterocycles. The number of halogens is 1. The number of hydrogen-bond acceptors (Lipinski definition) is 1. The van der Waals surface area contributed by atoms with Gasteiger partial charge in [-0.1, -0.05) is 17.7 Å². The van der Waals surface area contributed by atoms with Gasteiger partial charge in [-0.05, 0) is 0 Å². The molecule has 3 heteroatoms. The van der Waals surface area contributed by atoms with Crippen molar-refractivity contribution in [1.82, 2.24) is 5.32 Å². The monoisotopic (exact) mass is 118 g/mol. The molecule has 39 valence electrons. The third kappa shape index (κ3) is 5.50. The quantitative estimate of drug-likeness (QED) is 0.422. The first-order chi connectivity index (χ1) is 3.41. The van der Waals surface area contributed by atoms with Crippen LogP contribution < -0.4 is 5.32 Å². The Labute approximate surface area is 47.2 Å². The van der Waals surface area contributed by atoms with Gasteiger partial charge in [-0.15, -0.1) is 0 Å². The smallest absolute Gasteiger partial charge is 0.309 e. The van der Waals surface area contributed by atoms with Crippen molar-refractivity contribution in [3.05, 3.63) is 11.6 Å². The maximum Gasteiger partial charge on any atom is 0.309 e. The Bertz CT molecular complexity index is 72.1. The van der Waals surface area contributed by atoms with Crippen molar-refractivity contribution in [2.24, 2.45) is 0 Å². The van der Waals surface area contributed by atoms with E-state index < -0.39 is 0 Å². The SMILES string of the molecule is O=[C]NC/C=C/Cl. The van der Waals surface area contributed by atoms with Crippen LogP contribution in [0.25, 0.3) is 0 Å². The van der Waals surface area contributed by atoms with E-state index in [0.29, 0.717) is 6.54 Å². The Morgan fingerprint density at radius 1 is 1.86 bits per heavy atom. The fraction of sp³-hybridized carbons (Fsp3) is 0.250. The molecule has 0 unspecified atom stereocenters. The topological polar surface area (TPSA) is 29.1 Å². The number of hydrogen-bond donors (Lipinski definition) is 1. The fourth-order valence-electron chi connectivity index (χ4n) is 0.145. The highest BCUT2D eigenvalue weighted by Crippen LogP contribution is 1.72. The molecule has 0 aromatic rings. The van der Waals surface area contributed by atoms with E-state index in [4.69, 9.17) is 11.6 Å². The second kappa shape index (κ2) is 5.50. The minimum Gasteiger partial charge on any atom is -0.344 e. The molecule has 0 fully saturated rings. The molecule has 0 saturated carbocycles. The van der Waals surface area contributed by atoms with Crippen molar-refractivity contribution < 1.29 is 4.79 Å². The number of nitrogens with one attached hydrogen (secondary N) is 1. The maximum atomic E-state index is 9.37. The lowest BCUT2D eigenvalue weighted by Crippen LogP contribution is -2.08. The molecule has 0 atom stereocenters. The molecule has 1 radical (unpaired) electrons. The molecule has 0 aliphatic carbocycles. The molecule has 0 bridgehead atoms. The lowest BCUT2D eigenvalue weighted by Gasteiger charge is -1.81. The van der Waals surface area contributed by atoms with Gasteiger partial charge in [0.05, 0.1) is 0 Å². The highest BCUT2D eigenvalue weighted by Gasteiger charge is 1.69. The minimum atomic E-state index is 0.451. The summed E-state index contributed by atoms with van der Waals surface area (Å²) < 4.78 is 0. The molecular weight excluding hydrogens is 114 g/mol. The molecule has 0 rings (SSSR count). The van der Waals surface area contributed by atoms with Crippen LogP contribution in [0, 0.1) is 0 Å². The summed E-state index contributed by atoms with van der Waals surface area (Å²) >= 11 is 5.09. The Kier molecular flexibility index (Phi) is 5.11. The van der Waals surface area contributed by atoms with Crippen molar-refractivity contribution in [1.29, 1.82) is 0 Å². The zero-order chi connectivity index (χ0) is 5.54. The van der Waals surface area contributed by atoms with Gasteiger partial charge in [0.25, 0.3) is 0 Å². The summed E-state index contributed by atoms with van der Waals surface area (Å²) in [4.78, 5) is 9.37. The molecule has 0 aromatic carbocycles. The predicted octanol–water partition coefficient (Wildman–Crippen LogP) is 0.396. The summed E-state index contributed by atoms with van der Waals surface area (Å²) in [5.74, 6) is 0. The standard InChI is InChI=1S/C4H5ClNO/c5-2-1-3-6-4-7/h1-2H,3H2,(H,6,7)/b2-1+. The van der Waals surface area contributed by atoms with Gasteiger partial charge in [0.15, 0.2) is 0 Å². The average molecular weight is 119 g/mol. The minimum absolute atomic E-state index is 0.451. The van der Waals surface area contributed by atoms with Crippen molar-refractivity contribution in [3.63, 3.8) is 0 Å². The number of amides is 1. The highest BCUT2D eigenvalue weighted by atomic mass is 35.5. The van der Waals surface area contributed by atoms with Crippen molar-refractivity contribution in [2.75, 3.05) is 6.54 Å². The third-order valence-corrected chi connectivity index (χ3v) is 0.559. The predicted molar refractivity (Wildman–Crippen MR) is 28.7 cm³/mol. The fourth-order valence-corrected chi connectivity index (χ4v) is 0.234. The van der Waals surface area contributed by atoms with Crippen LogP contribution in [0.4, 0.5) is 0 Å². The van der Waals surface area contributed by atoms with Gasteiger partial charge >= 0.3 is 6.41 Å². The van der Waals surface area contributed by atoms with Crippen LogP contribution in [-0.4, -0.2) is 13.0 Å². The first kappa shape index (κ1) is 6.50. The van der Waals surface area contributed by atoms with E-state index in [1.807, 2.05) is 0 Å². The molecule has 0 aliphatic heterocycles. The van der Waals surface area contributed by atoms with Gasteiger partial charge in [0, 0.05) is 12.1 Å². The van der Waals surface area contributed by atoms with E-state index in [1.165, 1.54) is 11.9 Å². The van der Waals surface area contributed by atoms with E-state index in [2.05, 4.69) is 5.32 Å². The molecule has 0 aliphatic rings. The van der Waals surface area contributed by atoms with E-state index in [1.54, 1.807) is 6.08 Å². The maximum absolute atomic E-state index is 9.37. The van der Waals surface area contributed by atoms with Crippen molar-refractivity contribution >= 4 is 18.0 Å².